The van der Waals surface area contributed by atoms with E-state index < -0.39 is 0 Å². The summed E-state index contributed by atoms with van der Waals surface area (Å²) in [4.78, 5) is 4.24. The van der Waals surface area contributed by atoms with Crippen molar-refractivity contribution in [2.24, 2.45) is 16.6 Å². The van der Waals surface area contributed by atoms with Crippen LogP contribution >= 0.6 is 0 Å². The molecule has 13 heavy (non-hydrogen) atoms. The Kier molecular flexibility index (Phi) is 4.81. The third-order valence-corrected chi connectivity index (χ3v) is 1.98. The second-order valence-electron chi connectivity index (χ2n) is 4.48. The summed E-state index contributed by atoms with van der Waals surface area (Å²) in [6.07, 6.45) is 1.03. The number of guanidine groups is 1. The zero-order chi connectivity index (χ0) is 10.5. The van der Waals surface area contributed by atoms with Gasteiger partial charge >= 0.3 is 0 Å². The van der Waals surface area contributed by atoms with Gasteiger partial charge in [-0.05, 0) is 26.2 Å². The maximum atomic E-state index is 5.72. The molecule has 0 spiro atoms. The molecule has 0 radical (unpaired) electrons. The summed E-state index contributed by atoms with van der Waals surface area (Å²) < 4.78 is 0. The quantitative estimate of drug-likeness (QED) is 0.518. The van der Waals surface area contributed by atoms with E-state index in [1.54, 1.807) is 0 Å². The Hall–Kier alpha value is -0.730. The fraction of sp³-hybridized carbons (Fsp3) is 0.900. The first-order valence-electron chi connectivity index (χ1n) is 4.95. The largest absolute Gasteiger partial charge is 0.370 e. The van der Waals surface area contributed by atoms with Gasteiger partial charge in [-0.25, -0.2) is 0 Å². The Morgan fingerprint density at radius 3 is 2.38 bits per heavy atom. The van der Waals surface area contributed by atoms with Gasteiger partial charge in [0.2, 0.25) is 0 Å². The molecule has 0 amide bonds. The number of nitrogens with zero attached hydrogens (tertiary/aromatic N) is 1. The van der Waals surface area contributed by atoms with Crippen molar-refractivity contribution < 1.29 is 0 Å². The lowest BCUT2D eigenvalue weighted by Gasteiger charge is -2.25. The molecule has 3 N–H and O–H groups in total. The monoisotopic (exact) mass is 185 g/mol. The Labute approximate surface area is 81.8 Å². The van der Waals surface area contributed by atoms with Gasteiger partial charge in [0.05, 0.1) is 0 Å². The van der Waals surface area contributed by atoms with Crippen LogP contribution in [-0.2, 0) is 0 Å². The van der Waals surface area contributed by atoms with Crippen LogP contribution in [0.2, 0.25) is 0 Å². The van der Waals surface area contributed by atoms with E-state index in [1.165, 1.54) is 0 Å². The predicted octanol–water partition coefficient (Wildman–Crippen LogP) is 1.74. The summed E-state index contributed by atoms with van der Waals surface area (Å²) in [5.74, 6) is 1.12. The topological polar surface area (TPSA) is 50.4 Å². The first-order chi connectivity index (χ1) is 5.87. The van der Waals surface area contributed by atoms with E-state index in [0.29, 0.717) is 11.9 Å². The molecule has 0 fully saturated rings. The van der Waals surface area contributed by atoms with Gasteiger partial charge in [0.15, 0.2) is 5.96 Å². The average molecular weight is 185 g/mol. The average Bonchev–Trinajstić information content (AvgIpc) is 2.00. The molecule has 0 saturated heterocycles. The minimum atomic E-state index is 0.0462. The van der Waals surface area contributed by atoms with Crippen LogP contribution in [0.1, 0.15) is 41.0 Å². The maximum Gasteiger partial charge on any atom is 0.189 e. The normalized spacial score (nSPS) is 13.5. The van der Waals surface area contributed by atoms with Crippen molar-refractivity contribution in [3.63, 3.8) is 0 Å². The lowest BCUT2D eigenvalue weighted by molar-refractivity contribution is 0.442. The highest BCUT2D eigenvalue weighted by atomic mass is 15.1. The SMILES string of the molecule is CCC(C)(C)NC(N)=NCC(C)C. The number of hydrogen-bond donors (Lipinski definition) is 2. The van der Waals surface area contributed by atoms with E-state index in [1.807, 2.05) is 0 Å². The van der Waals surface area contributed by atoms with E-state index in [0.717, 1.165) is 13.0 Å². The van der Waals surface area contributed by atoms with Crippen molar-refractivity contribution in [1.82, 2.24) is 5.32 Å². The molecule has 0 aliphatic rings. The zero-order valence-electron chi connectivity index (χ0n) is 9.52. The van der Waals surface area contributed by atoms with Crippen LogP contribution in [0.3, 0.4) is 0 Å². The highest BCUT2D eigenvalue weighted by Gasteiger charge is 2.14. The molecule has 78 valence electrons. The van der Waals surface area contributed by atoms with Crippen LogP contribution in [0, 0.1) is 5.92 Å². The van der Waals surface area contributed by atoms with Crippen molar-refractivity contribution in [2.45, 2.75) is 46.6 Å². The van der Waals surface area contributed by atoms with Crippen LogP contribution in [0.15, 0.2) is 4.99 Å². The molecule has 0 aromatic heterocycles. The molecule has 0 aromatic rings. The summed E-state index contributed by atoms with van der Waals surface area (Å²) >= 11 is 0. The Balaban J connectivity index is 3.98. The van der Waals surface area contributed by atoms with Gasteiger partial charge in [-0.3, -0.25) is 4.99 Å². The molecule has 0 unspecified atom stereocenters. The van der Waals surface area contributed by atoms with Crippen LogP contribution in [-0.4, -0.2) is 18.0 Å². The summed E-state index contributed by atoms with van der Waals surface area (Å²) in [6.45, 7) is 11.4. The van der Waals surface area contributed by atoms with Crippen molar-refractivity contribution >= 4 is 5.96 Å². The first kappa shape index (κ1) is 12.3. The molecule has 0 aromatic carbocycles. The second-order valence-corrected chi connectivity index (χ2v) is 4.48. The molecule has 0 aliphatic heterocycles. The lowest BCUT2D eigenvalue weighted by atomic mass is 10.0. The zero-order valence-corrected chi connectivity index (χ0v) is 9.52. The van der Waals surface area contributed by atoms with Gasteiger partial charge in [0.25, 0.3) is 0 Å². The van der Waals surface area contributed by atoms with E-state index in [9.17, 15) is 0 Å². The first-order valence-corrected chi connectivity index (χ1v) is 4.95. The molecule has 3 heteroatoms. The molecule has 0 aliphatic carbocycles. The molecule has 0 heterocycles. The van der Waals surface area contributed by atoms with Crippen molar-refractivity contribution in [3.8, 4) is 0 Å². The molecular formula is C10H23N3. The molecule has 0 atom stereocenters. The van der Waals surface area contributed by atoms with Crippen molar-refractivity contribution in [2.75, 3.05) is 6.54 Å². The van der Waals surface area contributed by atoms with E-state index in [-0.39, 0.29) is 5.54 Å². The molecule has 0 saturated carbocycles. The lowest BCUT2D eigenvalue weighted by Crippen LogP contribution is -2.46. The Morgan fingerprint density at radius 1 is 1.46 bits per heavy atom. The minimum Gasteiger partial charge on any atom is -0.370 e. The van der Waals surface area contributed by atoms with Crippen LogP contribution in [0.25, 0.3) is 0 Å². The fourth-order valence-corrected chi connectivity index (χ4v) is 0.756. The highest BCUT2D eigenvalue weighted by molar-refractivity contribution is 5.78. The fourth-order valence-electron chi connectivity index (χ4n) is 0.756. The summed E-state index contributed by atoms with van der Waals surface area (Å²) in [7, 11) is 0. The van der Waals surface area contributed by atoms with Crippen LogP contribution in [0.5, 0.6) is 0 Å². The Morgan fingerprint density at radius 2 is 2.00 bits per heavy atom. The molecule has 3 nitrogen and oxygen atoms in total. The number of hydrogen-bond acceptors (Lipinski definition) is 1. The van der Waals surface area contributed by atoms with Gasteiger partial charge in [0, 0.05) is 12.1 Å². The van der Waals surface area contributed by atoms with E-state index >= 15 is 0 Å². The van der Waals surface area contributed by atoms with Crippen molar-refractivity contribution in [1.29, 1.82) is 0 Å². The standard InChI is InChI=1S/C10H23N3/c1-6-10(4,5)13-9(11)12-7-8(2)3/h8H,6-7H2,1-5H3,(H3,11,12,13). The maximum absolute atomic E-state index is 5.72. The number of nitrogens with one attached hydrogen (secondary N) is 1. The van der Waals surface area contributed by atoms with E-state index in [4.69, 9.17) is 5.73 Å². The smallest absolute Gasteiger partial charge is 0.189 e. The van der Waals surface area contributed by atoms with Crippen LogP contribution in [0.4, 0.5) is 0 Å². The van der Waals surface area contributed by atoms with Gasteiger partial charge in [0.1, 0.15) is 0 Å². The third-order valence-electron chi connectivity index (χ3n) is 1.98. The van der Waals surface area contributed by atoms with Gasteiger partial charge in [-0.15, -0.1) is 0 Å². The van der Waals surface area contributed by atoms with Gasteiger partial charge in [-0.2, -0.15) is 0 Å². The van der Waals surface area contributed by atoms with Crippen molar-refractivity contribution in [3.05, 3.63) is 0 Å². The third kappa shape index (κ3) is 6.43. The minimum absolute atomic E-state index is 0.0462. The molecule has 0 rings (SSSR count). The summed E-state index contributed by atoms with van der Waals surface area (Å²) in [6, 6.07) is 0. The van der Waals surface area contributed by atoms with Gasteiger partial charge in [-0.1, -0.05) is 20.8 Å². The molecule has 0 bridgehead atoms. The Bertz CT molecular complexity index is 171. The second kappa shape index (κ2) is 5.10. The number of aliphatic imine (C=N–C) groups is 1. The van der Waals surface area contributed by atoms with E-state index in [2.05, 4.69) is 44.9 Å². The summed E-state index contributed by atoms with van der Waals surface area (Å²) in [5, 5.41) is 3.19. The van der Waals surface area contributed by atoms with Crippen LogP contribution < -0.4 is 11.1 Å². The molecular weight excluding hydrogens is 162 g/mol. The summed E-state index contributed by atoms with van der Waals surface area (Å²) in [5.41, 5.74) is 5.77. The number of nitrogens with two attached hydrogens (primary N) is 1. The number of rotatable bonds is 4. The highest BCUT2D eigenvalue weighted by Crippen LogP contribution is 2.05. The van der Waals surface area contributed by atoms with Gasteiger partial charge < -0.3 is 11.1 Å². The predicted molar refractivity (Wildman–Crippen MR) is 58.8 cm³/mol.